The number of ether oxygens (including phenoxy) is 1. The van der Waals surface area contributed by atoms with Crippen molar-refractivity contribution < 1.29 is 4.74 Å². The van der Waals surface area contributed by atoms with Crippen LogP contribution in [0, 0.1) is 0 Å². The zero-order valence-electron chi connectivity index (χ0n) is 11.1. The molecule has 3 heteroatoms. The summed E-state index contributed by atoms with van der Waals surface area (Å²) < 4.78 is 6.84. The molecule has 1 aliphatic carbocycles. The molecule has 3 rings (SSSR count). The van der Waals surface area contributed by atoms with E-state index in [0.29, 0.717) is 6.04 Å². The molecule has 1 aliphatic heterocycles. The van der Waals surface area contributed by atoms with E-state index in [1.54, 1.807) is 5.57 Å². The van der Waals surface area contributed by atoms with Crippen LogP contribution in [0.2, 0.25) is 0 Å². The zero-order chi connectivity index (χ0) is 13.1. The molecular weight excluding hydrogens is 302 g/mol. The number of halogens is 1. The highest BCUT2D eigenvalue weighted by atomic mass is 79.9. The fourth-order valence-corrected chi connectivity index (χ4v) is 3.33. The van der Waals surface area contributed by atoms with Crippen molar-refractivity contribution in [3.05, 3.63) is 39.9 Å². The van der Waals surface area contributed by atoms with Crippen molar-refractivity contribution in [3.63, 3.8) is 0 Å². The highest BCUT2D eigenvalue weighted by Crippen LogP contribution is 2.34. The van der Waals surface area contributed by atoms with E-state index < -0.39 is 0 Å². The summed E-state index contributed by atoms with van der Waals surface area (Å²) in [4.78, 5) is 0. The first kappa shape index (κ1) is 13.2. The largest absolute Gasteiger partial charge is 0.493 e. The minimum absolute atomic E-state index is 0.434. The topological polar surface area (TPSA) is 21.3 Å². The molecule has 0 spiro atoms. The first-order valence-electron chi connectivity index (χ1n) is 7.16. The third kappa shape index (κ3) is 3.21. The van der Waals surface area contributed by atoms with Crippen LogP contribution in [0.5, 0.6) is 5.75 Å². The molecule has 1 atom stereocenters. The van der Waals surface area contributed by atoms with E-state index in [2.05, 4.69) is 39.5 Å². The Balaban J connectivity index is 1.61. The molecule has 1 N–H and O–H groups in total. The zero-order valence-corrected chi connectivity index (χ0v) is 12.7. The van der Waals surface area contributed by atoms with Gasteiger partial charge in [0, 0.05) is 22.5 Å². The number of nitrogens with one attached hydrogen (secondary N) is 1. The molecule has 0 amide bonds. The molecule has 1 unspecified atom stereocenters. The Morgan fingerprint density at radius 3 is 3.16 bits per heavy atom. The minimum Gasteiger partial charge on any atom is -0.493 e. The Morgan fingerprint density at radius 1 is 1.37 bits per heavy atom. The van der Waals surface area contributed by atoms with Crippen LogP contribution in [0.1, 0.15) is 43.7 Å². The molecule has 2 aliphatic rings. The summed E-state index contributed by atoms with van der Waals surface area (Å²) in [5, 5.41) is 3.69. The molecule has 0 saturated heterocycles. The van der Waals surface area contributed by atoms with Gasteiger partial charge in [-0.05, 0) is 50.4 Å². The predicted molar refractivity (Wildman–Crippen MR) is 81.5 cm³/mol. The van der Waals surface area contributed by atoms with Gasteiger partial charge in [-0.1, -0.05) is 27.6 Å². The maximum absolute atomic E-state index is 5.72. The van der Waals surface area contributed by atoms with E-state index in [1.807, 2.05) is 6.07 Å². The Morgan fingerprint density at radius 2 is 2.32 bits per heavy atom. The maximum Gasteiger partial charge on any atom is 0.124 e. The van der Waals surface area contributed by atoms with Crippen molar-refractivity contribution in [2.24, 2.45) is 0 Å². The van der Waals surface area contributed by atoms with Crippen molar-refractivity contribution in [2.75, 3.05) is 13.2 Å². The molecule has 0 bridgehead atoms. The van der Waals surface area contributed by atoms with Crippen LogP contribution in [0.3, 0.4) is 0 Å². The highest BCUT2D eigenvalue weighted by Gasteiger charge is 2.21. The van der Waals surface area contributed by atoms with E-state index in [-0.39, 0.29) is 0 Å². The summed E-state index contributed by atoms with van der Waals surface area (Å²) in [7, 11) is 0. The van der Waals surface area contributed by atoms with Gasteiger partial charge >= 0.3 is 0 Å². The molecule has 0 saturated carbocycles. The lowest BCUT2D eigenvalue weighted by Gasteiger charge is -2.27. The standard InChI is InChI=1S/C16H20BrNO/c17-13-5-6-16-14(11-13)15(8-10-19-16)18-9-7-12-3-1-2-4-12/h3,5-6,11,15,18H,1-2,4,7-10H2. The quantitative estimate of drug-likeness (QED) is 0.832. The fraction of sp³-hybridized carbons (Fsp3) is 0.500. The molecule has 19 heavy (non-hydrogen) atoms. The van der Waals surface area contributed by atoms with Gasteiger partial charge in [-0.15, -0.1) is 0 Å². The summed E-state index contributed by atoms with van der Waals surface area (Å²) in [6.45, 7) is 1.89. The monoisotopic (exact) mass is 321 g/mol. The number of allylic oxidation sites excluding steroid dienone is 1. The Hall–Kier alpha value is -0.800. The van der Waals surface area contributed by atoms with E-state index in [0.717, 1.165) is 29.8 Å². The molecule has 1 aromatic carbocycles. The number of fused-ring (bicyclic) bond motifs is 1. The number of hydrogen-bond donors (Lipinski definition) is 1. The van der Waals surface area contributed by atoms with Crippen molar-refractivity contribution in [3.8, 4) is 5.75 Å². The summed E-state index contributed by atoms with van der Waals surface area (Å²) in [6, 6.07) is 6.72. The minimum atomic E-state index is 0.434. The van der Waals surface area contributed by atoms with E-state index >= 15 is 0 Å². The van der Waals surface area contributed by atoms with Gasteiger partial charge in [0.1, 0.15) is 5.75 Å². The van der Waals surface area contributed by atoms with Crippen molar-refractivity contribution in [1.82, 2.24) is 5.32 Å². The summed E-state index contributed by atoms with van der Waals surface area (Å²) in [6.07, 6.45) is 8.60. The van der Waals surface area contributed by atoms with Gasteiger partial charge in [0.15, 0.2) is 0 Å². The number of benzene rings is 1. The van der Waals surface area contributed by atoms with Gasteiger partial charge in [0.25, 0.3) is 0 Å². The van der Waals surface area contributed by atoms with Gasteiger partial charge in [0.2, 0.25) is 0 Å². The second-order valence-corrected chi connectivity index (χ2v) is 6.25. The smallest absolute Gasteiger partial charge is 0.124 e. The van der Waals surface area contributed by atoms with Crippen molar-refractivity contribution >= 4 is 15.9 Å². The lowest BCUT2D eigenvalue weighted by molar-refractivity contribution is 0.253. The molecule has 2 nitrogen and oxygen atoms in total. The first-order valence-corrected chi connectivity index (χ1v) is 7.96. The van der Waals surface area contributed by atoms with Crippen LogP contribution in [0.4, 0.5) is 0 Å². The summed E-state index contributed by atoms with van der Waals surface area (Å²) >= 11 is 3.55. The van der Waals surface area contributed by atoms with E-state index in [4.69, 9.17) is 4.74 Å². The van der Waals surface area contributed by atoms with Crippen LogP contribution < -0.4 is 10.1 Å². The molecule has 1 heterocycles. The SMILES string of the molecule is Brc1ccc2c(c1)C(NCCC1=CCCC1)CCO2. The van der Waals surface area contributed by atoms with Crippen LogP contribution in [-0.2, 0) is 0 Å². The lowest BCUT2D eigenvalue weighted by Crippen LogP contribution is -2.28. The van der Waals surface area contributed by atoms with Crippen LogP contribution in [-0.4, -0.2) is 13.2 Å². The van der Waals surface area contributed by atoms with Gasteiger partial charge in [-0.2, -0.15) is 0 Å². The number of hydrogen-bond acceptors (Lipinski definition) is 2. The third-order valence-corrected chi connectivity index (χ3v) is 4.48. The van der Waals surface area contributed by atoms with Gasteiger partial charge in [-0.25, -0.2) is 0 Å². The summed E-state index contributed by atoms with van der Waals surface area (Å²) in [5.41, 5.74) is 2.93. The average molecular weight is 322 g/mol. The van der Waals surface area contributed by atoms with Crippen LogP contribution >= 0.6 is 15.9 Å². The third-order valence-electron chi connectivity index (χ3n) is 3.98. The lowest BCUT2D eigenvalue weighted by atomic mass is 10.0. The maximum atomic E-state index is 5.72. The van der Waals surface area contributed by atoms with E-state index in [9.17, 15) is 0 Å². The Labute approximate surface area is 123 Å². The molecular formula is C16H20BrNO. The molecule has 0 aromatic heterocycles. The highest BCUT2D eigenvalue weighted by molar-refractivity contribution is 9.10. The average Bonchev–Trinajstić information content (AvgIpc) is 2.92. The van der Waals surface area contributed by atoms with Gasteiger partial charge in [0.05, 0.1) is 6.61 Å². The Bertz CT molecular complexity index is 484. The summed E-state index contributed by atoms with van der Waals surface area (Å²) in [5.74, 6) is 1.03. The van der Waals surface area contributed by atoms with Crippen molar-refractivity contribution in [1.29, 1.82) is 0 Å². The molecule has 0 fully saturated rings. The fourth-order valence-electron chi connectivity index (χ4n) is 2.95. The van der Waals surface area contributed by atoms with Crippen molar-refractivity contribution in [2.45, 2.75) is 38.1 Å². The predicted octanol–water partition coefficient (Wildman–Crippen LogP) is 4.36. The van der Waals surface area contributed by atoms with Crippen LogP contribution in [0.25, 0.3) is 0 Å². The van der Waals surface area contributed by atoms with Gasteiger partial charge in [-0.3, -0.25) is 0 Å². The first-order chi connectivity index (χ1) is 9.33. The second-order valence-electron chi connectivity index (χ2n) is 5.33. The molecule has 0 radical (unpaired) electrons. The van der Waals surface area contributed by atoms with E-state index in [1.165, 1.54) is 31.2 Å². The Kier molecular flexibility index (Phi) is 4.24. The van der Waals surface area contributed by atoms with Crippen LogP contribution in [0.15, 0.2) is 34.3 Å². The number of rotatable bonds is 4. The molecule has 102 valence electrons. The molecule has 1 aromatic rings. The van der Waals surface area contributed by atoms with Gasteiger partial charge < -0.3 is 10.1 Å². The normalized spacial score (nSPS) is 21.7. The second kappa shape index (κ2) is 6.10.